The quantitative estimate of drug-likeness (QED) is 0.540. The number of hydrogen-bond donors (Lipinski definition) is 1. The van der Waals surface area contributed by atoms with Crippen molar-refractivity contribution in [2.45, 2.75) is 23.5 Å². The highest BCUT2D eigenvalue weighted by Gasteiger charge is 2.21. The van der Waals surface area contributed by atoms with Gasteiger partial charge in [0.05, 0.1) is 23.9 Å². The van der Waals surface area contributed by atoms with E-state index < -0.39 is 15.7 Å². The fourth-order valence-electron chi connectivity index (χ4n) is 3.71. The van der Waals surface area contributed by atoms with E-state index in [2.05, 4.69) is 14.9 Å². The molecule has 0 bridgehead atoms. The molecule has 174 valence electrons. The number of ether oxygens (including phenoxy) is 1. The first kappa shape index (κ1) is 23.3. The number of morpholine rings is 1. The highest BCUT2D eigenvalue weighted by Crippen LogP contribution is 2.30. The molecule has 0 amide bonds. The van der Waals surface area contributed by atoms with Crippen LogP contribution in [0.25, 0.3) is 11.1 Å². The molecule has 7 nitrogen and oxygen atoms in total. The molecule has 2 heterocycles. The van der Waals surface area contributed by atoms with Crippen LogP contribution in [0, 0.1) is 5.82 Å². The fourth-order valence-corrected chi connectivity index (χ4v) is 5.11. The average molecular weight is 471 g/mol. The zero-order chi connectivity index (χ0) is 23.3. The second-order valence-corrected chi connectivity index (χ2v) is 9.97. The number of aryl methyl sites for hydroxylation is 1. The maximum absolute atomic E-state index is 13.3. The van der Waals surface area contributed by atoms with E-state index in [1.165, 1.54) is 24.3 Å². The molecule has 33 heavy (non-hydrogen) atoms. The number of anilines is 1. The molecule has 0 unspecified atom stereocenters. The predicted molar refractivity (Wildman–Crippen MR) is 125 cm³/mol. The molecule has 1 aromatic heterocycles. The Hall–Kier alpha value is -2.88. The smallest absolute Gasteiger partial charge is 0.182 e. The Morgan fingerprint density at radius 1 is 1.00 bits per heavy atom. The second-order valence-electron chi connectivity index (χ2n) is 7.98. The van der Waals surface area contributed by atoms with Crippen LogP contribution in [0.2, 0.25) is 0 Å². The van der Waals surface area contributed by atoms with Crippen LogP contribution in [-0.2, 0) is 26.7 Å². The van der Waals surface area contributed by atoms with Gasteiger partial charge in [0.15, 0.2) is 9.84 Å². The summed E-state index contributed by atoms with van der Waals surface area (Å²) in [6.45, 7) is 3.09. The Bertz CT molecular complexity index is 1180. The van der Waals surface area contributed by atoms with Crippen molar-refractivity contribution in [1.29, 1.82) is 0 Å². The molecule has 0 saturated carbocycles. The van der Waals surface area contributed by atoms with Gasteiger partial charge in [-0.1, -0.05) is 12.1 Å². The Morgan fingerprint density at radius 2 is 1.70 bits per heavy atom. The minimum Gasteiger partial charge on any atom is -0.378 e. The molecular formula is C24H27FN4O3S. The first-order valence-electron chi connectivity index (χ1n) is 10.9. The monoisotopic (exact) mass is 470 g/mol. The average Bonchev–Trinajstić information content (AvgIpc) is 2.84. The highest BCUT2D eigenvalue weighted by atomic mass is 32.2. The molecule has 1 aliphatic rings. The molecule has 0 radical (unpaired) electrons. The summed E-state index contributed by atoms with van der Waals surface area (Å²) in [7, 11) is -3.67. The van der Waals surface area contributed by atoms with E-state index in [1.807, 2.05) is 6.07 Å². The van der Waals surface area contributed by atoms with Crippen molar-refractivity contribution in [3.8, 4) is 11.1 Å². The molecule has 4 rings (SSSR count). The van der Waals surface area contributed by atoms with Crippen molar-refractivity contribution < 1.29 is 17.5 Å². The van der Waals surface area contributed by atoms with Gasteiger partial charge in [-0.05, 0) is 54.4 Å². The van der Waals surface area contributed by atoms with E-state index in [4.69, 9.17) is 10.5 Å². The summed E-state index contributed by atoms with van der Waals surface area (Å²) in [6, 6.07) is 10.8. The van der Waals surface area contributed by atoms with Gasteiger partial charge in [-0.15, -0.1) is 0 Å². The number of halogens is 1. The van der Waals surface area contributed by atoms with E-state index in [0.717, 1.165) is 23.2 Å². The molecule has 9 heteroatoms. The van der Waals surface area contributed by atoms with Gasteiger partial charge in [0.1, 0.15) is 11.6 Å². The SMILES string of the molecule is NCCCc1ncc(-c2cc(N3CCOCC3)cc(S(=O)(=O)Cc3ccc(F)cc3)c2)cn1. The predicted octanol–water partition coefficient (Wildman–Crippen LogP) is 2.98. The number of sulfone groups is 1. The third-order valence-electron chi connectivity index (χ3n) is 5.54. The summed E-state index contributed by atoms with van der Waals surface area (Å²) in [5, 5.41) is 0. The van der Waals surface area contributed by atoms with E-state index in [0.29, 0.717) is 50.7 Å². The lowest BCUT2D eigenvalue weighted by Crippen LogP contribution is -2.36. The van der Waals surface area contributed by atoms with Gasteiger partial charge < -0.3 is 15.4 Å². The van der Waals surface area contributed by atoms with E-state index >= 15 is 0 Å². The molecule has 0 atom stereocenters. The summed E-state index contributed by atoms with van der Waals surface area (Å²) in [6.07, 6.45) is 4.93. The molecule has 0 aliphatic carbocycles. The summed E-state index contributed by atoms with van der Waals surface area (Å²) in [5.41, 5.74) is 8.36. The van der Waals surface area contributed by atoms with Crippen molar-refractivity contribution in [3.63, 3.8) is 0 Å². The van der Waals surface area contributed by atoms with Crippen LogP contribution in [0.1, 0.15) is 17.8 Å². The third kappa shape index (κ3) is 5.93. The van der Waals surface area contributed by atoms with Crippen LogP contribution < -0.4 is 10.6 Å². The van der Waals surface area contributed by atoms with Gasteiger partial charge in [0.25, 0.3) is 0 Å². The number of hydrogen-bond acceptors (Lipinski definition) is 7. The van der Waals surface area contributed by atoms with Gasteiger partial charge in [-0.2, -0.15) is 0 Å². The normalized spacial score (nSPS) is 14.4. The fraction of sp³-hybridized carbons (Fsp3) is 0.333. The number of nitrogens with two attached hydrogens (primary N) is 1. The van der Waals surface area contributed by atoms with Crippen molar-refractivity contribution in [2.24, 2.45) is 5.73 Å². The van der Waals surface area contributed by atoms with Crippen molar-refractivity contribution in [3.05, 3.63) is 72.1 Å². The summed E-state index contributed by atoms with van der Waals surface area (Å²) < 4.78 is 45.3. The van der Waals surface area contributed by atoms with Crippen LogP contribution in [0.15, 0.2) is 59.8 Å². The first-order valence-corrected chi connectivity index (χ1v) is 12.6. The van der Waals surface area contributed by atoms with Crippen LogP contribution in [0.5, 0.6) is 0 Å². The van der Waals surface area contributed by atoms with E-state index in [9.17, 15) is 12.8 Å². The zero-order valence-electron chi connectivity index (χ0n) is 18.3. The number of benzene rings is 2. The lowest BCUT2D eigenvalue weighted by molar-refractivity contribution is 0.122. The molecule has 1 aliphatic heterocycles. The van der Waals surface area contributed by atoms with E-state index in [1.54, 1.807) is 24.5 Å². The maximum Gasteiger partial charge on any atom is 0.182 e. The van der Waals surface area contributed by atoms with E-state index in [-0.39, 0.29) is 10.6 Å². The summed E-state index contributed by atoms with van der Waals surface area (Å²) >= 11 is 0. The Kier molecular flexibility index (Phi) is 7.32. The molecule has 1 saturated heterocycles. The Morgan fingerprint density at radius 3 is 2.36 bits per heavy atom. The topological polar surface area (TPSA) is 98.4 Å². The van der Waals surface area contributed by atoms with Crippen molar-refractivity contribution in [1.82, 2.24) is 9.97 Å². The largest absolute Gasteiger partial charge is 0.378 e. The molecular weight excluding hydrogens is 443 g/mol. The number of nitrogens with zero attached hydrogens (tertiary/aromatic N) is 3. The summed E-state index contributed by atoms with van der Waals surface area (Å²) in [5.74, 6) is 0.0914. The second kappa shape index (κ2) is 10.4. The lowest BCUT2D eigenvalue weighted by atomic mass is 10.1. The number of rotatable bonds is 8. The Labute approximate surface area is 193 Å². The van der Waals surface area contributed by atoms with Crippen LogP contribution in [-0.4, -0.2) is 51.2 Å². The van der Waals surface area contributed by atoms with Gasteiger partial charge in [-0.3, -0.25) is 0 Å². The first-order chi connectivity index (χ1) is 15.9. The van der Waals surface area contributed by atoms with Crippen molar-refractivity contribution in [2.75, 3.05) is 37.7 Å². The molecule has 0 spiro atoms. The van der Waals surface area contributed by atoms with Gasteiger partial charge in [0, 0.05) is 43.2 Å². The lowest BCUT2D eigenvalue weighted by Gasteiger charge is -2.29. The van der Waals surface area contributed by atoms with Crippen molar-refractivity contribution >= 4 is 15.5 Å². The summed E-state index contributed by atoms with van der Waals surface area (Å²) in [4.78, 5) is 11.2. The molecule has 3 aromatic rings. The molecule has 2 aromatic carbocycles. The minimum absolute atomic E-state index is 0.207. The van der Waals surface area contributed by atoms with Gasteiger partial charge in [0.2, 0.25) is 0 Å². The molecule has 2 N–H and O–H groups in total. The zero-order valence-corrected chi connectivity index (χ0v) is 19.1. The Balaban J connectivity index is 1.70. The van der Waals surface area contributed by atoms with Crippen LogP contribution >= 0.6 is 0 Å². The highest BCUT2D eigenvalue weighted by molar-refractivity contribution is 7.90. The third-order valence-corrected chi connectivity index (χ3v) is 7.21. The van der Waals surface area contributed by atoms with Gasteiger partial charge >= 0.3 is 0 Å². The molecule has 1 fully saturated rings. The minimum atomic E-state index is -3.67. The standard InChI is InChI=1S/C24H27FN4O3S/c25-21-5-3-18(4-6-21)17-33(30,31)23-13-19(12-22(14-23)29-8-10-32-11-9-29)20-15-27-24(28-16-20)2-1-7-26/h3-6,12-16H,1-2,7-11,17,26H2. The van der Waals surface area contributed by atoms with Crippen LogP contribution in [0.3, 0.4) is 0 Å². The van der Waals surface area contributed by atoms with Crippen LogP contribution in [0.4, 0.5) is 10.1 Å². The van der Waals surface area contributed by atoms with Gasteiger partial charge in [-0.25, -0.2) is 22.8 Å². The maximum atomic E-state index is 13.3. The number of aromatic nitrogens is 2.